The molecule has 0 atom stereocenters. The zero-order chi connectivity index (χ0) is 13.7. The van der Waals surface area contributed by atoms with Crippen LogP contribution in [0.3, 0.4) is 0 Å². The van der Waals surface area contributed by atoms with Crippen molar-refractivity contribution in [1.82, 2.24) is 4.57 Å². The van der Waals surface area contributed by atoms with Gasteiger partial charge in [0.25, 0.3) is 0 Å². The average Bonchev–Trinajstić information content (AvgIpc) is 2.24. The quantitative estimate of drug-likeness (QED) is 0.708. The standard InChI is InChI=1S/C13H12F3NO/c1-7-5-4-6-9-10(7)11(18)8(2)12(17(9)3)13(14,15)16/h4-6H,1-3H3. The fraction of sp³-hybridized carbons (Fsp3) is 0.308. The van der Waals surface area contributed by atoms with E-state index >= 15 is 0 Å². The minimum Gasteiger partial charge on any atom is -0.340 e. The highest BCUT2D eigenvalue weighted by Crippen LogP contribution is 2.32. The molecule has 18 heavy (non-hydrogen) atoms. The summed E-state index contributed by atoms with van der Waals surface area (Å²) in [5.41, 5.74) is -0.700. The Morgan fingerprint density at radius 1 is 1.17 bits per heavy atom. The number of rotatable bonds is 0. The second-order valence-electron chi connectivity index (χ2n) is 4.33. The van der Waals surface area contributed by atoms with Gasteiger partial charge in [0, 0.05) is 18.0 Å². The van der Waals surface area contributed by atoms with Crippen molar-refractivity contribution in [3.05, 3.63) is 45.2 Å². The third-order valence-corrected chi connectivity index (χ3v) is 3.14. The normalized spacial score (nSPS) is 12.1. The predicted molar refractivity (Wildman–Crippen MR) is 63.7 cm³/mol. The van der Waals surface area contributed by atoms with Gasteiger partial charge in [0.05, 0.1) is 5.52 Å². The summed E-state index contributed by atoms with van der Waals surface area (Å²) < 4.78 is 39.9. The van der Waals surface area contributed by atoms with Crippen LogP contribution in [0.1, 0.15) is 16.8 Å². The highest BCUT2D eigenvalue weighted by molar-refractivity contribution is 5.83. The van der Waals surface area contributed by atoms with E-state index in [4.69, 9.17) is 0 Å². The number of halogens is 3. The predicted octanol–water partition coefficient (Wildman–Crippen LogP) is 3.17. The molecule has 5 heteroatoms. The van der Waals surface area contributed by atoms with Gasteiger partial charge in [-0.1, -0.05) is 12.1 Å². The lowest BCUT2D eigenvalue weighted by Gasteiger charge is -2.18. The van der Waals surface area contributed by atoms with Crippen molar-refractivity contribution in [2.75, 3.05) is 0 Å². The molecule has 0 spiro atoms. The van der Waals surface area contributed by atoms with Gasteiger partial charge in [-0.05, 0) is 25.5 Å². The van der Waals surface area contributed by atoms with Crippen LogP contribution >= 0.6 is 0 Å². The highest BCUT2D eigenvalue weighted by Gasteiger charge is 2.36. The van der Waals surface area contributed by atoms with Gasteiger partial charge in [-0.15, -0.1) is 0 Å². The van der Waals surface area contributed by atoms with Crippen molar-refractivity contribution >= 4 is 10.9 Å². The van der Waals surface area contributed by atoms with E-state index in [1.54, 1.807) is 19.1 Å². The number of aryl methyl sites for hydroxylation is 2. The lowest BCUT2D eigenvalue weighted by molar-refractivity contribution is -0.143. The zero-order valence-corrected chi connectivity index (χ0v) is 10.2. The molecule has 0 amide bonds. The van der Waals surface area contributed by atoms with Crippen LogP contribution in [0.2, 0.25) is 0 Å². The Kier molecular flexibility index (Phi) is 2.72. The molecular weight excluding hydrogens is 243 g/mol. The average molecular weight is 255 g/mol. The smallest absolute Gasteiger partial charge is 0.340 e. The molecule has 0 saturated heterocycles. The van der Waals surface area contributed by atoms with Gasteiger partial charge in [-0.2, -0.15) is 13.2 Å². The molecule has 0 aliphatic heterocycles. The van der Waals surface area contributed by atoms with Crippen LogP contribution in [0.15, 0.2) is 23.0 Å². The fourth-order valence-corrected chi connectivity index (χ4v) is 2.30. The lowest BCUT2D eigenvalue weighted by Crippen LogP contribution is -2.23. The van der Waals surface area contributed by atoms with Gasteiger partial charge in [0.1, 0.15) is 5.69 Å². The third-order valence-electron chi connectivity index (χ3n) is 3.14. The van der Waals surface area contributed by atoms with Crippen LogP contribution in [0.25, 0.3) is 10.9 Å². The molecule has 0 unspecified atom stereocenters. The van der Waals surface area contributed by atoms with E-state index in [9.17, 15) is 18.0 Å². The molecule has 1 aromatic carbocycles. The summed E-state index contributed by atoms with van der Waals surface area (Å²) in [6, 6.07) is 4.89. The van der Waals surface area contributed by atoms with Gasteiger partial charge < -0.3 is 4.57 Å². The SMILES string of the molecule is Cc1c(C(F)(F)F)n(C)c2cccc(C)c2c1=O. The summed E-state index contributed by atoms with van der Waals surface area (Å²) in [4.78, 5) is 12.1. The van der Waals surface area contributed by atoms with Crippen molar-refractivity contribution in [2.45, 2.75) is 20.0 Å². The summed E-state index contributed by atoms with van der Waals surface area (Å²) in [5, 5.41) is 0.352. The monoisotopic (exact) mass is 255 g/mol. The number of alkyl halides is 3. The minimum atomic E-state index is -4.53. The maximum atomic E-state index is 13.0. The molecule has 0 aliphatic carbocycles. The Hall–Kier alpha value is -1.78. The van der Waals surface area contributed by atoms with Crippen molar-refractivity contribution in [1.29, 1.82) is 0 Å². The summed E-state index contributed by atoms with van der Waals surface area (Å²) in [5.74, 6) is 0. The van der Waals surface area contributed by atoms with Crippen LogP contribution in [-0.2, 0) is 13.2 Å². The first-order chi connectivity index (χ1) is 8.25. The molecule has 1 heterocycles. The molecule has 0 fully saturated rings. The minimum absolute atomic E-state index is 0.258. The fourth-order valence-electron chi connectivity index (χ4n) is 2.30. The van der Waals surface area contributed by atoms with Crippen LogP contribution in [0, 0.1) is 13.8 Å². The van der Waals surface area contributed by atoms with Gasteiger partial charge in [0.15, 0.2) is 5.43 Å². The molecule has 96 valence electrons. The summed E-state index contributed by atoms with van der Waals surface area (Å²) in [7, 11) is 1.33. The molecule has 0 radical (unpaired) electrons. The van der Waals surface area contributed by atoms with Gasteiger partial charge in [-0.3, -0.25) is 4.79 Å². The van der Waals surface area contributed by atoms with Crippen LogP contribution < -0.4 is 5.43 Å². The first-order valence-corrected chi connectivity index (χ1v) is 5.41. The Balaban J connectivity index is 3.08. The Labute approximate surface area is 102 Å². The van der Waals surface area contributed by atoms with E-state index in [-0.39, 0.29) is 5.56 Å². The Bertz CT molecular complexity index is 683. The summed E-state index contributed by atoms with van der Waals surface area (Å²) >= 11 is 0. The van der Waals surface area contributed by atoms with Gasteiger partial charge in [-0.25, -0.2) is 0 Å². The number of fused-ring (bicyclic) bond motifs is 1. The van der Waals surface area contributed by atoms with E-state index in [1.807, 2.05) is 0 Å². The molecule has 0 N–H and O–H groups in total. The number of hydrogen-bond donors (Lipinski definition) is 0. The lowest BCUT2D eigenvalue weighted by atomic mass is 10.0. The van der Waals surface area contributed by atoms with E-state index in [2.05, 4.69) is 0 Å². The van der Waals surface area contributed by atoms with Gasteiger partial charge in [0.2, 0.25) is 0 Å². The summed E-state index contributed by atoms with van der Waals surface area (Å²) in [6.45, 7) is 2.94. The van der Waals surface area contributed by atoms with Crippen LogP contribution in [-0.4, -0.2) is 4.57 Å². The number of nitrogens with zero attached hydrogens (tertiary/aromatic N) is 1. The summed E-state index contributed by atoms with van der Waals surface area (Å²) in [6.07, 6.45) is -4.53. The number of pyridine rings is 1. The topological polar surface area (TPSA) is 22.0 Å². The van der Waals surface area contributed by atoms with E-state index in [0.29, 0.717) is 16.5 Å². The molecule has 0 aliphatic rings. The van der Waals surface area contributed by atoms with Crippen molar-refractivity contribution in [3.8, 4) is 0 Å². The first kappa shape index (κ1) is 12.7. The second kappa shape index (κ2) is 3.86. The molecule has 1 aromatic heterocycles. The van der Waals surface area contributed by atoms with E-state index in [1.165, 1.54) is 20.0 Å². The third kappa shape index (κ3) is 1.70. The molecular formula is C13H12F3NO. The van der Waals surface area contributed by atoms with E-state index < -0.39 is 17.3 Å². The number of aromatic nitrogens is 1. The molecule has 2 aromatic rings. The number of benzene rings is 1. The van der Waals surface area contributed by atoms with Gasteiger partial charge >= 0.3 is 6.18 Å². The maximum absolute atomic E-state index is 13.0. The van der Waals surface area contributed by atoms with Crippen molar-refractivity contribution in [2.24, 2.45) is 7.05 Å². The van der Waals surface area contributed by atoms with Crippen molar-refractivity contribution < 1.29 is 13.2 Å². The Morgan fingerprint density at radius 2 is 1.78 bits per heavy atom. The maximum Gasteiger partial charge on any atom is 0.431 e. The molecule has 0 saturated carbocycles. The van der Waals surface area contributed by atoms with Crippen LogP contribution in [0.5, 0.6) is 0 Å². The second-order valence-corrected chi connectivity index (χ2v) is 4.33. The highest BCUT2D eigenvalue weighted by atomic mass is 19.4. The molecule has 0 bridgehead atoms. The van der Waals surface area contributed by atoms with Crippen LogP contribution in [0.4, 0.5) is 13.2 Å². The largest absolute Gasteiger partial charge is 0.431 e. The van der Waals surface area contributed by atoms with Crippen molar-refractivity contribution in [3.63, 3.8) is 0 Å². The zero-order valence-electron chi connectivity index (χ0n) is 10.2. The molecule has 2 nitrogen and oxygen atoms in total. The molecule has 2 rings (SSSR count). The van der Waals surface area contributed by atoms with E-state index in [0.717, 1.165) is 4.57 Å². The Morgan fingerprint density at radius 3 is 2.33 bits per heavy atom. The number of hydrogen-bond acceptors (Lipinski definition) is 1. The first-order valence-electron chi connectivity index (χ1n) is 5.41.